The van der Waals surface area contributed by atoms with E-state index >= 15 is 0 Å². The summed E-state index contributed by atoms with van der Waals surface area (Å²) in [6.07, 6.45) is 2.75. The van der Waals surface area contributed by atoms with Crippen molar-refractivity contribution >= 4 is 45.0 Å². The van der Waals surface area contributed by atoms with Gasteiger partial charge in [0.1, 0.15) is 12.6 Å². The summed E-state index contributed by atoms with van der Waals surface area (Å²) in [7, 11) is 0. The lowest BCUT2D eigenvalue weighted by molar-refractivity contribution is -0.144. The molecule has 2 heterocycles. The van der Waals surface area contributed by atoms with Gasteiger partial charge < -0.3 is 9.80 Å². The van der Waals surface area contributed by atoms with E-state index in [1.54, 1.807) is 28.0 Å². The van der Waals surface area contributed by atoms with Crippen LogP contribution in [0.15, 0.2) is 22.7 Å². The maximum absolute atomic E-state index is 12.6. The summed E-state index contributed by atoms with van der Waals surface area (Å²) < 4.78 is 0.725. The first-order chi connectivity index (χ1) is 9.58. The summed E-state index contributed by atoms with van der Waals surface area (Å²) in [5.41, 5.74) is 0.713. The van der Waals surface area contributed by atoms with Gasteiger partial charge in [-0.1, -0.05) is 11.6 Å². The molecular formula is C14H14BrClN2O2. The first-order valence-corrected chi connectivity index (χ1v) is 7.81. The lowest BCUT2D eigenvalue weighted by Gasteiger charge is -2.42. The lowest BCUT2D eigenvalue weighted by Crippen LogP contribution is -2.61. The van der Waals surface area contributed by atoms with Crippen molar-refractivity contribution in [3.05, 3.63) is 27.7 Å². The van der Waals surface area contributed by atoms with Gasteiger partial charge >= 0.3 is 0 Å². The van der Waals surface area contributed by atoms with Gasteiger partial charge in [0.25, 0.3) is 0 Å². The fourth-order valence-corrected chi connectivity index (χ4v) is 3.33. The zero-order valence-corrected chi connectivity index (χ0v) is 13.2. The molecule has 3 rings (SSSR count). The van der Waals surface area contributed by atoms with E-state index in [-0.39, 0.29) is 24.4 Å². The number of piperazine rings is 1. The van der Waals surface area contributed by atoms with Crippen LogP contribution < -0.4 is 4.90 Å². The molecule has 0 bridgehead atoms. The SMILES string of the molecule is O=C1C2CCCCN2C(=O)CN1c1ccc(Cl)c(Br)c1. The molecule has 0 radical (unpaired) electrons. The van der Waals surface area contributed by atoms with E-state index in [1.807, 2.05) is 0 Å². The van der Waals surface area contributed by atoms with Gasteiger partial charge in [-0.25, -0.2) is 0 Å². The van der Waals surface area contributed by atoms with Crippen LogP contribution in [-0.2, 0) is 9.59 Å². The lowest BCUT2D eigenvalue weighted by atomic mass is 9.98. The van der Waals surface area contributed by atoms with Crippen molar-refractivity contribution in [3.8, 4) is 0 Å². The van der Waals surface area contributed by atoms with Crippen LogP contribution in [0.1, 0.15) is 19.3 Å². The number of hydrogen-bond donors (Lipinski definition) is 0. The van der Waals surface area contributed by atoms with E-state index in [1.165, 1.54) is 0 Å². The number of carbonyl (C=O) groups is 2. The maximum Gasteiger partial charge on any atom is 0.250 e. The molecule has 2 amide bonds. The summed E-state index contributed by atoms with van der Waals surface area (Å²) in [4.78, 5) is 28.1. The van der Waals surface area contributed by atoms with E-state index in [2.05, 4.69) is 15.9 Å². The first-order valence-electron chi connectivity index (χ1n) is 6.64. The van der Waals surface area contributed by atoms with Gasteiger partial charge in [-0.05, 0) is 53.4 Å². The summed E-state index contributed by atoms with van der Waals surface area (Å²) >= 11 is 9.32. The second kappa shape index (κ2) is 5.37. The van der Waals surface area contributed by atoms with E-state index in [0.29, 0.717) is 17.3 Å². The van der Waals surface area contributed by atoms with Crippen LogP contribution in [-0.4, -0.2) is 35.8 Å². The van der Waals surface area contributed by atoms with E-state index in [9.17, 15) is 9.59 Å². The minimum absolute atomic E-state index is 0.0125. The quantitative estimate of drug-likeness (QED) is 0.775. The average Bonchev–Trinajstić information content (AvgIpc) is 2.46. The Morgan fingerprint density at radius 3 is 2.80 bits per heavy atom. The van der Waals surface area contributed by atoms with Gasteiger partial charge in [0.05, 0.1) is 5.02 Å². The normalized spacial score (nSPS) is 23.0. The second-order valence-electron chi connectivity index (χ2n) is 5.12. The minimum Gasteiger partial charge on any atom is -0.329 e. The van der Waals surface area contributed by atoms with Crippen molar-refractivity contribution in [2.24, 2.45) is 0 Å². The first kappa shape index (κ1) is 13.9. The van der Waals surface area contributed by atoms with Crippen LogP contribution in [0.2, 0.25) is 5.02 Å². The Bertz CT molecular complexity index is 578. The standard InChI is InChI=1S/C14H14BrClN2O2/c15-10-7-9(4-5-11(10)16)18-8-13(19)17-6-2-1-3-12(17)14(18)20/h4-5,7,12H,1-3,6,8H2. The Hall–Kier alpha value is -1.07. The molecule has 1 unspecified atom stereocenters. The summed E-state index contributed by atoms with van der Waals surface area (Å²) in [5, 5.41) is 0.587. The molecule has 2 aliphatic rings. The van der Waals surface area contributed by atoms with Crippen LogP contribution in [0.3, 0.4) is 0 Å². The van der Waals surface area contributed by atoms with Crippen molar-refractivity contribution in [3.63, 3.8) is 0 Å². The van der Waals surface area contributed by atoms with Gasteiger partial charge in [-0.15, -0.1) is 0 Å². The molecule has 2 saturated heterocycles. The zero-order chi connectivity index (χ0) is 14.3. The molecule has 0 aliphatic carbocycles. The van der Waals surface area contributed by atoms with Crippen molar-refractivity contribution in [1.29, 1.82) is 0 Å². The highest BCUT2D eigenvalue weighted by Crippen LogP contribution is 2.31. The van der Waals surface area contributed by atoms with Crippen LogP contribution in [0.4, 0.5) is 5.69 Å². The molecular weight excluding hydrogens is 344 g/mol. The van der Waals surface area contributed by atoms with Gasteiger partial charge in [-0.3, -0.25) is 9.59 Å². The third-order valence-corrected chi connectivity index (χ3v) is 5.10. The number of anilines is 1. The fraction of sp³-hybridized carbons (Fsp3) is 0.429. The highest BCUT2D eigenvalue weighted by atomic mass is 79.9. The maximum atomic E-state index is 12.6. The van der Waals surface area contributed by atoms with Crippen molar-refractivity contribution in [2.75, 3.05) is 18.0 Å². The molecule has 20 heavy (non-hydrogen) atoms. The smallest absolute Gasteiger partial charge is 0.250 e. The number of benzene rings is 1. The molecule has 1 aromatic carbocycles. The van der Waals surface area contributed by atoms with E-state index < -0.39 is 0 Å². The van der Waals surface area contributed by atoms with Crippen molar-refractivity contribution in [2.45, 2.75) is 25.3 Å². The molecule has 4 nitrogen and oxygen atoms in total. The molecule has 1 aromatic rings. The van der Waals surface area contributed by atoms with E-state index in [0.717, 1.165) is 23.7 Å². The summed E-state index contributed by atoms with van der Waals surface area (Å²) in [5.74, 6) is 0.0406. The molecule has 1 atom stereocenters. The topological polar surface area (TPSA) is 40.6 Å². The second-order valence-corrected chi connectivity index (χ2v) is 6.38. The predicted octanol–water partition coefficient (Wildman–Crippen LogP) is 2.83. The highest BCUT2D eigenvalue weighted by Gasteiger charge is 2.40. The molecule has 0 spiro atoms. The number of hydrogen-bond acceptors (Lipinski definition) is 2. The Morgan fingerprint density at radius 2 is 2.05 bits per heavy atom. The molecule has 2 aliphatic heterocycles. The van der Waals surface area contributed by atoms with Gasteiger partial charge in [0.15, 0.2) is 0 Å². The molecule has 0 aromatic heterocycles. The average molecular weight is 358 g/mol. The third kappa shape index (κ3) is 2.33. The number of nitrogens with zero attached hydrogens (tertiary/aromatic N) is 2. The van der Waals surface area contributed by atoms with Crippen LogP contribution in [0.25, 0.3) is 0 Å². The molecule has 6 heteroatoms. The van der Waals surface area contributed by atoms with Crippen LogP contribution >= 0.6 is 27.5 Å². The van der Waals surface area contributed by atoms with Crippen molar-refractivity contribution in [1.82, 2.24) is 4.90 Å². The summed E-state index contributed by atoms with van der Waals surface area (Å²) in [6.45, 7) is 0.816. The predicted molar refractivity (Wildman–Crippen MR) is 80.9 cm³/mol. The fourth-order valence-electron chi connectivity index (χ4n) is 2.84. The molecule has 2 fully saturated rings. The molecule has 0 N–H and O–H groups in total. The number of halogens is 2. The number of carbonyl (C=O) groups excluding carboxylic acids is 2. The van der Waals surface area contributed by atoms with Gasteiger partial charge in [0, 0.05) is 16.7 Å². The number of amides is 2. The Morgan fingerprint density at radius 1 is 1.25 bits per heavy atom. The largest absolute Gasteiger partial charge is 0.329 e. The van der Waals surface area contributed by atoms with E-state index in [4.69, 9.17) is 11.6 Å². The van der Waals surface area contributed by atoms with Crippen molar-refractivity contribution < 1.29 is 9.59 Å². The minimum atomic E-state index is -0.292. The van der Waals surface area contributed by atoms with Crippen LogP contribution in [0.5, 0.6) is 0 Å². The van der Waals surface area contributed by atoms with Gasteiger partial charge in [-0.2, -0.15) is 0 Å². The number of rotatable bonds is 1. The Labute approximate surface area is 130 Å². The molecule has 0 saturated carbocycles. The third-order valence-electron chi connectivity index (χ3n) is 3.88. The Kier molecular flexibility index (Phi) is 3.73. The monoisotopic (exact) mass is 356 g/mol. The number of fused-ring (bicyclic) bond motifs is 1. The zero-order valence-electron chi connectivity index (χ0n) is 10.8. The van der Waals surface area contributed by atoms with Crippen LogP contribution in [0, 0.1) is 0 Å². The number of piperidine rings is 1. The van der Waals surface area contributed by atoms with Gasteiger partial charge in [0.2, 0.25) is 11.8 Å². The Balaban J connectivity index is 1.92. The summed E-state index contributed by atoms with van der Waals surface area (Å²) in [6, 6.07) is 4.99. The highest BCUT2D eigenvalue weighted by molar-refractivity contribution is 9.10. The molecule has 106 valence electrons.